The van der Waals surface area contributed by atoms with E-state index in [0.717, 1.165) is 19.4 Å². The minimum absolute atomic E-state index is 0.111. The van der Waals surface area contributed by atoms with Crippen LogP contribution in [0.15, 0.2) is 48.5 Å². The number of benzene rings is 2. The van der Waals surface area contributed by atoms with Gasteiger partial charge in [0.1, 0.15) is 0 Å². The molecule has 0 saturated carbocycles. The SMILES string of the molecule is Nc1ccccc1NC(=O)c1ccc(C(=O)NCCCCN2CCCC2)cc1. The van der Waals surface area contributed by atoms with Crippen molar-refractivity contribution in [1.29, 1.82) is 0 Å². The Morgan fingerprint density at radius 3 is 2.21 bits per heavy atom. The highest BCUT2D eigenvalue weighted by atomic mass is 16.2. The van der Waals surface area contributed by atoms with Crippen LogP contribution in [0.4, 0.5) is 11.4 Å². The minimum atomic E-state index is -0.258. The van der Waals surface area contributed by atoms with Gasteiger partial charge in [-0.2, -0.15) is 0 Å². The maximum Gasteiger partial charge on any atom is 0.255 e. The molecule has 1 aliphatic rings. The van der Waals surface area contributed by atoms with Gasteiger partial charge in [0.25, 0.3) is 11.8 Å². The van der Waals surface area contributed by atoms with E-state index in [9.17, 15) is 9.59 Å². The lowest BCUT2D eigenvalue weighted by molar-refractivity contribution is 0.0950. The monoisotopic (exact) mass is 380 g/mol. The van der Waals surface area contributed by atoms with Crippen molar-refractivity contribution in [3.63, 3.8) is 0 Å². The van der Waals surface area contributed by atoms with Crippen LogP contribution in [0.1, 0.15) is 46.4 Å². The van der Waals surface area contributed by atoms with Gasteiger partial charge in [-0.05, 0) is 81.7 Å². The number of nitrogens with two attached hydrogens (primary N) is 1. The third-order valence-electron chi connectivity index (χ3n) is 5.00. The molecule has 0 radical (unpaired) electrons. The third-order valence-corrected chi connectivity index (χ3v) is 5.00. The van der Waals surface area contributed by atoms with Crippen LogP contribution in [-0.2, 0) is 0 Å². The fourth-order valence-corrected chi connectivity index (χ4v) is 3.35. The molecule has 28 heavy (non-hydrogen) atoms. The van der Waals surface area contributed by atoms with E-state index >= 15 is 0 Å². The van der Waals surface area contributed by atoms with Crippen LogP contribution in [-0.4, -0.2) is 42.9 Å². The van der Waals surface area contributed by atoms with Gasteiger partial charge in [0, 0.05) is 17.7 Å². The summed E-state index contributed by atoms with van der Waals surface area (Å²) in [5.74, 6) is -0.368. The average molecular weight is 380 g/mol. The Bertz CT molecular complexity index is 798. The van der Waals surface area contributed by atoms with Crippen molar-refractivity contribution in [3.05, 3.63) is 59.7 Å². The number of para-hydroxylation sites is 2. The molecule has 0 atom stereocenters. The molecule has 2 aromatic rings. The van der Waals surface area contributed by atoms with Gasteiger partial charge in [-0.3, -0.25) is 9.59 Å². The van der Waals surface area contributed by atoms with Crippen molar-refractivity contribution in [1.82, 2.24) is 10.2 Å². The summed E-state index contributed by atoms with van der Waals surface area (Å²) in [6.07, 6.45) is 4.69. The summed E-state index contributed by atoms with van der Waals surface area (Å²) >= 11 is 0. The van der Waals surface area contributed by atoms with E-state index in [2.05, 4.69) is 15.5 Å². The standard InChI is InChI=1S/C22H28N4O2/c23-19-7-1-2-8-20(19)25-22(28)18-11-9-17(10-12-18)21(27)24-13-3-4-14-26-15-5-6-16-26/h1-2,7-12H,3-6,13-16,23H2,(H,24,27)(H,25,28). The van der Waals surface area contributed by atoms with E-state index in [4.69, 9.17) is 5.73 Å². The smallest absolute Gasteiger partial charge is 0.255 e. The van der Waals surface area contributed by atoms with Crippen LogP contribution in [0, 0.1) is 0 Å². The number of carbonyl (C=O) groups excluding carboxylic acids is 2. The molecule has 0 bridgehead atoms. The number of rotatable bonds is 8. The molecule has 3 rings (SSSR count). The summed E-state index contributed by atoms with van der Waals surface area (Å²) in [5, 5.41) is 5.72. The molecule has 0 aliphatic carbocycles. The van der Waals surface area contributed by atoms with Gasteiger partial charge in [-0.1, -0.05) is 12.1 Å². The van der Waals surface area contributed by atoms with E-state index in [-0.39, 0.29) is 11.8 Å². The number of nitrogen functional groups attached to an aromatic ring is 1. The van der Waals surface area contributed by atoms with Crippen LogP contribution in [0.3, 0.4) is 0 Å². The molecule has 1 aliphatic heterocycles. The lowest BCUT2D eigenvalue weighted by atomic mass is 10.1. The number of anilines is 2. The predicted molar refractivity (Wildman–Crippen MR) is 112 cm³/mol. The van der Waals surface area contributed by atoms with Crippen molar-refractivity contribution in [2.75, 3.05) is 37.2 Å². The number of nitrogens with zero attached hydrogens (tertiary/aromatic N) is 1. The van der Waals surface area contributed by atoms with Crippen molar-refractivity contribution >= 4 is 23.2 Å². The zero-order chi connectivity index (χ0) is 19.8. The van der Waals surface area contributed by atoms with E-state index in [1.807, 2.05) is 12.1 Å². The lowest BCUT2D eigenvalue weighted by Gasteiger charge is -2.14. The lowest BCUT2D eigenvalue weighted by Crippen LogP contribution is -2.26. The molecule has 0 spiro atoms. The highest BCUT2D eigenvalue weighted by molar-refractivity contribution is 6.06. The molecule has 6 heteroatoms. The van der Waals surface area contributed by atoms with Gasteiger partial charge in [0.15, 0.2) is 0 Å². The van der Waals surface area contributed by atoms with Crippen LogP contribution in [0.2, 0.25) is 0 Å². The molecule has 0 unspecified atom stereocenters. The van der Waals surface area contributed by atoms with Gasteiger partial charge in [0.2, 0.25) is 0 Å². The maximum atomic E-state index is 12.3. The van der Waals surface area contributed by atoms with Crippen LogP contribution < -0.4 is 16.4 Å². The first-order chi connectivity index (χ1) is 13.6. The highest BCUT2D eigenvalue weighted by Crippen LogP contribution is 2.18. The summed E-state index contributed by atoms with van der Waals surface area (Å²) in [4.78, 5) is 27.1. The molecule has 0 aromatic heterocycles. The fraction of sp³-hybridized carbons (Fsp3) is 0.364. The van der Waals surface area contributed by atoms with E-state index in [0.29, 0.717) is 29.0 Å². The van der Waals surface area contributed by atoms with Crippen molar-refractivity contribution < 1.29 is 9.59 Å². The first-order valence-corrected chi connectivity index (χ1v) is 9.90. The van der Waals surface area contributed by atoms with Crippen molar-refractivity contribution in [2.45, 2.75) is 25.7 Å². The van der Waals surface area contributed by atoms with E-state index < -0.39 is 0 Å². The third kappa shape index (κ3) is 5.57. The summed E-state index contributed by atoms with van der Waals surface area (Å²) in [6.45, 7) is 4.21. The first-order valence-electron chi connectivity index (χ1n) is 9.90. The number of amides is 2. The number of likely N-dealkylation sites (tertiary alicyclic amines) is 1. The van der Waals surface area contributed by atoms with Crippen LogP contribution >= 0.6 is 0 Å². The summed E-state index contributed by atoms with van der Waals surface area (Å²) < 4.78 is 0. The minimum Gasteiger partial charge on any atom is -0.397 e. The molecule has 148 valence electrons. The Kier molecular flexibility index (Phi) is 7.03. The Hall–Kier alpha value is -2.86. The normalized spacial score (nSPS) is 14.0. The second-order valence-electron chi connectivity index (χ2n) is 7.13. The van der Waals surface area contributed by atoms with Gasteiger partial charge in [-0.25, -0.2) is 0 Å². The molecule has 2 amide bonds. The van der Waals surface area contributed by atoms with Gasteiger partial charge < -0.3 is 21.3 Å². The molecule has 1 saturated heterocycles. The van der Waals surface area contributed by atoms with Crippen LogP contribution in [0.25, 0.3) is 0 Å². The van der Waals surface area contributed by atoms with Crippen molar-refractivity contribution in [2.24, 2.45) is 0 Å². The first kappa shape index (κ1) is 19.9. The highest BCUT2D eigenvalue weighted by Gasteiger charge is 2.11. The molecule has 1 fully saturated rings. The molecule has 6 nitrogen and oxygen atoms in total. The predicted octanol–water partition coefficient (Wildman–Crippen LogP) is 3.13. The second-order valence-corrected chi connectivity index (χ2v) is 7.13. The Balaban J connectivity index is 1.43. The topological polar surface area (TPSA) is 87.5 Å². The van der Waals surface area contributed by atoms with E-state index in [1.165, 1.54) is 25.9 Å². The zero-order valence-electron chi connectivity index (χ0n) is 16.1. The average Bonchev–Trinajstić information content (AvgIpc) is 3.23. The summed E-state index contributed by atoms with van der Waals surface area (Å²) in [5.41, 5.74) is 7.96. The van der Waals surface area contributed by atoms with Gasteiger partial charge in [-0.15, -0.1) is 0 Å². The number of nitrogens with one attached hydrogen (secondary N) is 2. The quantitative estimate of drug-likeness (QED) is 0.485. The molecule has 4 N–H and O–H groups in total. The largest absolute Gasteiger partial charge is 0.397 e. The van der Waals surface area contributed by atoms with Gasteiger partial charge in [0.05, 0.1) is 11.4 Å². The summed E-state index contributed by atoms with van der Waals surface area (Å²) in [6, 6.07) is 13.7. The summed E-state index contributed by atoms with van der Waals surface area (Å²) in [7, 11) is 0. The number of hydrogen-bond acceptors (Lipinski definition) is 4. The zero-order valence-corrected chi connectivity index (χ0v) is 16.1. The van der Waals surface area contributed by atoms with Crippen LogP contribution in [0.5, 0.6) is 0 Å². The fourth-order valence-electron chi connectivity index (χ4n) is 3.35. The molecular formula is C22H28N4O2. The molecule has 1 heterocycles. The number of carbonyl (C=O) groups is 2. The second kappa shape index (κ2) is 9.90. The molecular weight excluding hydrogens is 352 g/mol. The Morgan fingerprint density at radius 1 is 0.893 bits per heavy atom. The Labute approximate surface area is 166 Å². The van der Waals surface area contributed by atoms with Gasteiger partial charge >= 0.3 is 0 Å². The maximum absolute atomic E-state index is 12.3. The number of hydrogen-bond donors (Lipinski definition) is 3. The van der Waals surface area contributed by atoms with E-state index in [1.54, 1.807) is 36.4 Å². The molecule has 2 aromatic carbocycles. The number of unbranched alkanes of at least 4 members (excludes halogenated alkanes) is 1. The van der Waals surface area contributed by atoms with Crippen molar-refractivity contribution in [3.8, 4) is 0 Å². The Morgan fingerprint density at radius 2 is 1.54 bits per heavy atom.